The third-order valence-corrected chi connectivity index (χ3v) is 4.09. The van der Waals surface area contributed by atoms with E-state index in [0.717, 1.165) is 17.7 Å². The molecular formula is C20H22F3NO2. The van der Waals surface area contributed by atoms with E-state index in [1.165, 1.54) is 12.1 Å². The normalized spacial score (nSPS) is 12.5. The number of benzene rings is 2. The van der Waals surface area contributed by atoms with Crippen LogP contribution in [0.3, 0.4) is 0 Å². The first-order valence-electron chi connectivity index (χ1n) is 8.44. The van der Waals surface area contributed by atoms with Gasteiger partial charge < -0.3 is 9.64 Å². The largest absolute Gasteiger partial charge is 0.486 e. The van der Waals surface area contributed by atoms with Crippen LogP contribution in [0.4, 0.5) is 13.2 Å². The van der Waals surface area contributed by atoms with Crippen LogP contribution >= 0.6 is 0 Å². The molecule has 0 saturated heterocycles. The summed E-state index contributed by atoms with van der Waals surface area (Å²) >= 11 is 0. The van der Waals surface area contributed by atoms with E-state index in [2.05, 4.69) is 0 Å². The van der Waals surface area contributed by atoms with Gasteiger partial charge in [0.05, 0.1) is 5.56 Å². The number of alkyl halides is 3. The standard InChI is InChI=1S/C20H22F3NO2/c1-3-19(25)24(2)14-13-18(15-7-5-4-6-8-15)26-17-11-9-16(10-12-17)20(21,22)23/h4-12,18H,3,13-14H2,1-2H3. The second-order valence-corrected chi connectivity index (χ2v) is 6.00. The highest BCUT2D eigenvalue weighted by Crippen LogP contribution is 2.32. The predicted molar refractivity (Wildman–Crippen MR) is 93.8 cm³/mol. The van der Waals surface area contributed by atoms with Crippen molar-refractivity contribution < 1.29 is 22.7 Å². The maximum Gasteiger partial charge on any atom is 0.416 e. The summed E-state index contributed by atoms with van der Waals surface area (Å²) in [6.45, 7) is 2.29. The van der Waals surface area contributed by atoms with Gasteiger partial charge in [-0.3, -0.25) is 4.79 Å². The zero-order chi connectivity index (χ0) is 19.2. The van der Waals surface area contributed by atoms with Gasteiger partial charge in [0.1, 0.15) is 11.9 Å². The molecule has 0 N–H and O–H groups in total. The molecule has 1 atom stereocenters. The summed E-state index contributed by atoms with van der Waals surface area (Å²) in [6.07, 6.45) is -3.78. The Morgan fingerprint density at radius 2 is 1.69 bits per heavy atom. The average Bonchev–Trinajstić information content (AvgIpc) is 2.64. The summed E-state index contributed by atoms with van der Waals surface area (Å²) in [7, 11) is 1.73. The predicted octanol–water partition coefficient (Wildman–Crippen LogP) is 5.08. The van der Waals surface area contributed by atoms with Crippen molar-refractivity contribution in [2.45, 2.75) is 32.0 Å². The molecule has 0 spiro atoms. The molecule has 0 aromatic heterocycles. The Kier molecular flexibility index (Phi) is 6.66. The molecule has 0 aliphatic rings. The van der Waals surface area contributed by atoms with Crippen molar-refractivity contribution in [2.75, 3.05) is 13.6 Å². The van der Waals surface area contributed by atoms with Gasteiger partial charge >= 0.3 is 6.18 Å². The van der Waals surface area contributed by atoms with Crippen LogP contribution in [0.2, 0.25) is 0 Å². The number of nitrogens with zero attached hydrogens (tertiary/aromatic N) is 1. The second kappa shape index (κ2) is 8.74. The molecule has 26 heavy (non-hydrogen) atoms. The molecule has 1 amide bonds. The summed E-state index contributed by atoms with van der Waals surface area (Å²) in [5.41, 5.74) is 0.194. The maximum atomic E-state index is 12.7. The molecule has 0 heterocycles. The monoisotopic (exact) mass is 365 g/mol. The molecule has 3 nitrogen and oxygen atoms in total. The van der Waals surface area contributed by atoms with Crippen LogP contribution in [-0.2, 0) is 11.0 Å². The quantitative estimate of drug-likeness (QED) is 0.684. The van der Waals surface area contributed by atoms with Gasteiger partial charge in [0, 0.05) is 26.4 Å². The van der Waals surface area contributed by atoms with Crippen LogP contribution < -0.4 is 4.74 Å². The molecule has 0 bridgehead atoms. The van der Waals surface area contributed by atoms with Gasteiger partial charge in [-0.2, -0.15) is 13.2 Å². The first-order valence-corrected chi connectivity index (χ1v) is 8.44. The molecule has 0 aliphatic carbocycles. The highest BCUT2D eigenvalue weighted by molar-refractivity contribution is 5.75. The first-order chi connectivity index (χ1) is 12.3. The van der Waals surface area contributed by atoms with Crippen LogP contribution in [0.1, 0.15) is 37.0 Å². The summed E-state index contributed by atoms with van der Waals surface area (Å²) in [6, 6.07) is 14.1. The van der Waals surface area contributed by atoms with Crippen molar-refractivity contribution in [3.8, 4) is 5.75 Å². The molecule has 0 saturated carbocycles. The van der Waals surface area contributed by atoms with Gasteiger partial charge in [0.15, 0.2) is 0 Å². The van der Waals surface area contributed by atoms with E-state index in [4.69, 9.17) is 4.74 Å². The van der Waals surface area contributed by atoms with E-state index in [-0.39, 0.29) is 12.0 Å². The number of carbonyl (C=O) groups is 1. The minimum absolute atomic E-state index is 0.0336. The van der Waals surface area contributed by atoms with Crippen molar-refractivity contribution in [2.24, 2.45) is 0 Å². The van der Waals surface area contributed by atoms with E-state index in [9.17, 15) is 18.0 Å². The summed E-state index contributed by atoms with van der Waals surface area (Å²) in [5.74, 6) is 0.391. The highest BCUT2D eigenvalue weighted by atomic mass is 19.4. The molecule has 2 aromatic carbocycles. The molecule has 1 unspecified atom stereocenters. The van der Waals surface area contributed by atoms with Crippen molar-refractivity contribution in [3.05, 3.63) is 65.7 Å². The van der Waals surface area contributed by atoms with Crippen molar-refractivity contribution >= 4 is 5.91 Å². The van der Waals surface area contributed by atoms with Gasteiger partial charge in [-0.15, -0.1) is 0 Å². The lowest BCUT2D eigenvalue weighted by molar-refractivity contribution is -0.137. The van der Waals surface area contributed by atoms with Gasteiger partial charge in [0.25, 0.3) is 0 Å². The van der Waals surface area contributed by atoms with E-state index < -0.39 is 11.7 Å². The van der Waals surface area contributed by atoms with Crippen LogP contribution in [-0.4, -0.2) is 24.4 Å². The molecule has 6 heteroatoms. The maximum absolute atomic E-state index is 12.7. The fourth-order valence-electron chi connectivity index (χ4n) is 2.55. The molecule has 0 aliphatic heterocycles. The Labute approximate surface area is 151 Å². The zero-order valence-corrected chi connectivity index (χ0v) is 14.8. The van der Waals surface area contributed by atoms with Crippen LogP contribution in [0, 0.1) is 0 Å². The summed E-state index contributed by atoms with van der Waals surface area (Å²) < 4.78 is 44.0. The van der Waals surface area contributed by atoms with Gasteiger partial charge in [-0.25, -0.2) is 0 Å². The number of amides is 1. The lowest BCUT2D eigenvalue weighted by Crippen LogP contribution is -2.28. The van der Waals surface area contributed by atoms with Gasteiger partial charge in [-0.05, 0) is 29.8 Å². The minimum Gasteiger partial charge on any atom is -0.486 e. The Morgan fingerprint density at radius 3 is 2.23 bits per heavy atom. The van der Waals surface area contributed by atoms with Gasteiger partial charge in [0.2, 0.25) is 5.91 Å². The molecular weight excluding hydrogens is 343 g/mol. The Balaban J connectivity index is 2.13. The molecule has 0 radical (unpaired) electrons. The van der Waals surface area contributed by atoms with E-state index in [1.807, 2.05) is 30.3 Å². The van der Waals surface area contributed by atoms with Crippen molar-refractivity contribution in [1.29, 1.82) is 0 Å². The number of ether oxygens (including phenoxy) is 1. The second-order valence-electron chi connectivity index (χ2n) is 6.00. The number of rotatable bonds is 7. The summed E-state index contributed by atoms with van der Waals surface area (Å²) in [5, 5.41) is 0. The van der Waals surface area contributed by atoms with E-state index >= 15 is 0 Å². The molecule has 140 valence electrons. The lowest BCUT2D eigenvalue weighted by Gasteiger charge is -2.23. The lowest BCUT2D eigenvalue weighted by atomic mass is 10.1. The van der Waals surface area contributed by atoms with Crippen LogP contribution in [0.25, 0.3) is 0 Å². The fraction of sp³-hybridized carbons (Fsp3) is 0.350. The third kappa shape index (κ3) is 5.51. The number of hydrogen-bond acceptors (Lipinski definition) is 2. The van der Waals surface area contributed by atoms with Crippen molar-refractivity contribution in [3.63, 3.8) is 0 Å². The van der Waals surface area contributed by atoms with E-state index in [0.29, 0.717) is 25.1 Å². The summed E-state index contributed by atoms with van der Waals surface area (Å²) in [4.78, 5) is 13.4. The van der Waals surface area contributed by atoms with Crippen LogP contribution in [0.5, 0.6) is 5.75 Å². The van der Waals surface area contributed by atoms with E-state index in [1.54, 1.807) is 18.9 Å². The topological polar surface area (TPSA) is 29.5 Å². The number of hydrogen-bond donors (Lipinski definition) is 0. The first kappa shape index (κ1) is 19.8. The third-order valence-electron chi connectivity index (χ3n) is 4.09. The van der Waals surface area contributed by atoms with Crippen molar-refractivity contribution in [1.82, 2.24) is 4.90 Å². The van der Waals surface area contributed by atoms with Gasteiger partial charge in [-0.1, -0.05) is 37.3 Å². The SMILES string of the molecule is CCC(=O)N(C)CCC(Oc1ccc(C(F)(F)F)cc1)c1ccccc1. The minimum atomic E-state index is -4.37. The molecule has 2 aromatic rings. The zero-order valence-electron chi connectivity index (χ0n) is 14.8. The van der Waals surface area contributed by atoms with Crippen LogP contribution in [0.15, 0.2) is 54.6 Å². The molecule has 0 fully saturated rings. The smallest absolute Gasteiger partial charge is 0.416 e. The Morgan fingerprint density at radius 1 is 1.08 bits per heavy atom. The fourth-order valence-corrected chi connectivity index (χ4v) is 2.55. The Bertz CT molecular complexity index is 699. The Hall–Kier alpha value is -2.50. The average molecular weight is 365 g/mol. The molecule has 2 rings (SSSR count). The number of carbonyl (C=O) groups excluding carboxylic acids is 1. The highest BCUT2D eigenvalue weighted by Gasteiger charge is 2.30. The number of halogens is 3.